The van der Waals surface area contributed by atoms with Gasteiger partial charge in [-0.05, 0) is 37.5 Å². The molecule has 2 nitrogen and oxygen atoms in total. The lowest BCUT2D eigenvalue weighted by molar-refractivity contribution is 0.441. The second-order valence-electron chi connectivity index (χ2n) is 5.48. The Morgan fingerprint density at radius 3 is 1.79 bits per heavy atom. The average Bonchev–Trinajstić information content (AvgIpc) is 2.39. The number of hydrogen-bond donors (Lipinski definition) is 2. The van der Waals surface area contributed by atoms with Crippen molar-refractivity contribution in [1.29, 1.82) is 0 Å². The van der Waals surface area contributed by atoms with Crippen molar-refractivity contribution in [2.75, 3.05) is 0 Å². The quantitative estimate of drug-likeness (QED) is 0.610. The molecule has 108 valence electrons. The number of aromatic hydroxyl groups is 2. The number of aryl methyl sites for hydroxylation is 1. The first-order valence-electron chi connectivity index (χ1n) is 7.66. The zero-order valence-corrected chi connectivity index (χ0v) is 12.4. The van der Waals surface area contributed by atoms with Crippen LogP contribution in [0.1, 0.15) is 69.4 Å². The molecule has 0 aliphatic rings. The summed E-state index contributed by atoms with van der Waals surface area (Å²) in [6.45, 7) is 3.97. The zero-order chi connectivity index (χ0) is 14.1. The van der Waals surface area contributed by atoms with Crippen LogP contribution < -0.4 is 0 Å². The molecule has 2 heteroatoms. The molecule has 0 unspecified atom stereocenters. The molecule has 0 aromatic heterocycles. The van der Waals surface area contributed by atoms with Crippen LogP contribution in [0.2, 0.25) is 0 Å². The third-order valence-electron chi connectivity index (χ3n) is 3.73. The summed E-state index contributed by atoms with van der Waals surface area (Å²) in [5.41, 5.74) is 1.60. The van der Waals surface area contributed by atoms with Crippen molar-refractivity contribution in [2.24, 2.45) is 0 Å². The van der Waals surface area contributed by atoms with Crippen molar-refractivity contribution in [3.05, 3.63) is 23.3 Å². The van der Waals surface area contributed by atoms with E-state index in [9.17, 15) is 10.2 Å². The summed E-state index contributed by atoms with van der Waals surface area (Å²) in [6.07, 6.45) is 11.4. The molecule has 0 aliphatic heterocycles. The van der Waals surface area contributed by atoms with Crippen LogP contribution in [0.15, 0.2) is 12.1 Å². The van der Waals surface area contributed by atoms with Crippen LogP contribution in [-0.2, 0) is 6.42 Å². The molecule has 2 N–H and O–H groups in total. The van der Waals surface area contributed by atoms with Crippen molar-refractivity contribution in [3.63, 3.8) is 0 Å². The predicted octanol–water partition coefficient (Wildman–Crippen LogP) is 5.09. The Balaban J connectivity index is 2.16. The van der Waals surface area contributed by atoms with Gasteiger partial charge in [-0.15, -0.1) is 0 Å². The minimum absolute atomic E-state index is 0.203. The lowest BCUT2D eigenvalue weighted by Crippen LogP contribution is -1.88. The first-order valence-corrected chi connectivity index (χ1v) is 7.66. The third kappa shape index (κ3) is 6.00. The van der Waals surface area contributed by atoms with Gasteiger partial charge in [-0.3, -0.25) is 0 Å². The summed E-state index contributed by atoms with van der Waals surface area (Å²) < 4.78 is 0. The standard InChI is InChI=1S/C17H28O2/c1-3-4-5-6-7-8-9-10-11-15-12-16(18)14(2)17(19)13-15/h12-13,18-19H,3-11H2,1-2H3. The average molecular weight is 264 g/mol. The molecule has 1 rings (SSSR count). The van der Waals surface area contributed by atoms with Crippen molar-refractivity contribution in [2.45, 2.75) is 71.6 Å². The van der Waals surface area contributed by atoms with Gasteiger partial charge in [0, 0.05) is 5.56 Å². The zero-order valence-electron chi connectivity index (χ0n) is 12.4. The Hall–Kier alpha value is -1.18. The molecule has 1 aromatic rings. The SMILES string of the molecule is CCCCCCCCCCc1cc(O)c(C)c(O)c1. The van der Waals surface area contributed by atoms with E-state index in [1.54, 1.807) is 19.1 Å². The fraction of sp³-hybridized carbons (Fsp3) is 0.647. The first kappa shape index (κ1) is 15.9. The molecular formula is C17H28O2. The molecule has 1 aromatic carbocycles. The molecule has 0 spiro atoms. The maximum absolute atomic E-state index is 9.64. The van der Waals surface area contributed by atoms with Crippen LogP contribution in [0.25, 0.3) is 0 Å². The van der Waals surface area contributed by atoms with Crippen molar-refractivity contribution in [3.8, 4) is 11.5 Å². The van der Waals surface area contributed by atoms with Crippen LogP contribution >= 0.6 is 0 Å². The van der Waals surface area contributed by atoms with E-state index in [0.717, 1.165) is 18.4 Å². The second kappa shape index (κ2) is 8.84. The minimum Gasteiger partial charge on any atom is -0.508 e. The maximum Gasteiger partial charge on any atom is 0.122 e. The van der Waals surface area contributed by atoms with Crippen molar-refractivity contribution in [1.82, 2.24) is 0 Å². The van der Waals surface area contributed by atoms with Gasteiger partial charge in [-0.2, -0.15) is 0 Å². The molecule has 19 heavy (non-hydrogen) atoms. The summed E-state index contributed by atoms with van der Waals surface area (Å²) in [5.74, 6) is 0.407. The Morgan fingerprint density at radius 2 is 1.26 bits per heavy atom. The van der Waals surface area contributed by atoms with Gasteiger partial charge in [0.1, 0.15) is 11.5 Å². The highest BCUT2D eigenvalue weighted by Gasteiger charge is 2.04. The van der Waals surface area contributed by atoms with Gasteiger partial charge < -0.3 is 10.2 Å². The molecule has 0 amide bonds. The monoisotopic (exact) mass is 264 g/mol. The smallest absolute Gasteiger partial charge is 0.122 e. The highest BCUT2D eigenvalue weighted by atomic mass is 16.3. The number of benzene rings is 1. The fourth-order valence-corrected chi connectivity index (χ4v) is 2.35. The van der Waals surface area contributed by atoms with E-state index in [1.165, 1.54) is 44.9 Å². The van der Waals surface area contributed by atoms with E-state index >= 15 is 0 Å². The molecular weight excluding hydrogens is 236 g/mol. The summed E-state index contributed by atoms with van der Waals surface area (Å²) in [5, 5.41) is 19.3. The number of unbranched alkanes of at least 4 members (excludes halogenated alkanes) is 7. The van der Waals surface area contributed by atoms with Gasteiger partial charge in [0.25, 0.3) is 0 Å². The van der Waals surface area contributed by atoms with Gasteiger partial charge in [-0.1, -0.05) is 51.9 Å². The van der Waals surface area contributed by atoms with Crippen molar-refractivity contribution < 1.29 is 10.2 Å². The van der Waals surface area contributed by atoms with Crippen LogP contribution in [0, 0.1) is 6.92 Å². The molecule has 0 heterocycles. The van der Waals surface area contributed by atoms with E-state index in [4.69, 9.17) is 0 Å². The maximum atomic E-state index is 9.64. The van der Waals surface area contributed by atoms with Gasteiger partial charge in [-0.25, -0.2) is 0 Å². The Kier molecular flexibility index (Phi) is 7.39. The van der Waals surface area contributed by atoms with E-state index in [-0.39, 0.29) is 11.5 Å². The molecule has 0 aliphatic carbocycles. The number of phenols is 2. The lowest BCUT2D eigenvalue weighted by atomic mass is 10.0. The predicted molar refractivity (Wildman–Crippen MR) is 80.8 cm³/mol. The fourth-order valence-electron chi connectivity index (χ4n) is 2.35. The van der Waals surface area contributed by atoms with Gasteiger partial charge in [0.15, 0.2) is 0 Å². The summed E-state index contributed by atoms with van der Waals surface area (Å²) in [6, 6.07) is 3.55. The molecule has 0 fully saturated rings. The first-order chi connectivity index (χ1) is 9.15. The Bertz CT molecular complexity index is 349. The third-order valence-corrected chi connectivity index (χ3v) is 3.73. The van der Waals surface area contributed by atoms with Crippen LogP contribution in [0.4, 0.5) is 0 Å². The van der Waals surface area contributed by atoms with Crippen LogP contribution in [0.3, 0.4) is 0 Å². The molecule has 0 bridgehead atoms. The van der Waals surface area contributed by atoms with Gasteiger partial charge in [0.05, 0.1) is 0 Å². The molecule has 0 atom stereocenters. The highest BCUT2D eigenvalue weighted by Crippen LogP contribution is 2.28. The van der Waals surface area contributed by atoms with E-state index in [0.29, 0.717) is 5.56 Å². The van der Waals surface area contributed by atoms with E-state index < -0.39 is 0 Å². The van der Waals surface area contributed by atoms with Crippen LogP contribution in [0.5, 0.6) is 11.5 Å². The van der Waals surface area contributed by atoms with Crippen LogP contribution in [-0.4, -0.2) is 10.2 Å². The Morgan fingerprint density at radius 1 is 0.789 bits per heavy atom. The molecule has 0 saturated heterocycles. The normalized spacial score (nSPS) is 10.8. The number of rotatable bonds is 9. The van der Waals surface area contributed by atoms with Gasteiger partial charge in [0.2, 0.25) is 0 Å². The summed E-state index contributed by atoms with van der Waals surface area (Å²) >= 11 is 0. The lowest BCUT2D eigenvalue weighted by Gasteiger charge is -2.07. The molecule has 0 saturated carbocycles. The highest BCUT2D eigenvalue weighted by molar-refractivity contribution is 5.45. The van der Waals surface area contributed by atoms with Crippen molar-refractivity contribution >= 4 is 0 Å². The van der Waals surface area contributed by atoms with Gasteiger partial charge >= 0.3 is 0 Å². The van der Waals surface area contributed by atoms with E-state index in [2.05, 4.69) is 6.92 Å². The number of phenolic OH excluding ortho intramolecular Hbond substituents is 2. The Labute approximate surface area is 117 Å². The largest absolute Gasteiger partial charge is 0.508 e. The van der Waals surface area contributed by atoms with E-state index in [1.807, 2.05) is 0 Å². The molecule has 0 radical (unpaired) electrons. The number of hydrogen-bond acceptors (Lipinski definition) is 2. The topological polar surface area (TPSA) is 40.5 Å². The summed E-state index contributed by atoms with van der Waals surface area (Å²) in [7, 11) is 0. The summed E-state index contributed by atoms with van der Waals surface area (Å²) in [4.78, 5) is 0. The second-order valence-corrected chi connectivity index (χ2v) is 5.48. The minimum atomic E-state index is 0.203.